The van der Waals surface area contributed by atoms with Gasteiger partial charge in [-0.1, -0.05) is 0 Å². The highest BCUT2D eigenvalue weighted by Crippen LogP contribution is 2.31. The summed E-state index contributed by atoms with van der Waals surface area (Å²) >= 11 is 0. The van der Waals surface area contributed by atoms with Crippen LogP contribution in [0.3, 0.4) is 0 Å². The lowest BCUT2D eigenvalue weighted by Gasteiger charge is -2.17. The molecule has 0 saturated heterocycles. The maximum Gasteiger partial charge on any atom is 0.126 e. The van der Waals surface area contributed by atoms with Gasteiger partial charge < -0.3 is 19.9 Å². The summed E-state index contributed by atoms with van der Waals surface area (Å²) < 4.78 is 0. The van der Waals surface area contributed by atoms with Gasteiger partial charge in [0.1, 0.15) is 11.6 Å². The van der Waals surface area contributed by atoms with Crippen molar-refractivity contribution in [2.45, 2.75) is 20.0 Å². The SMILES string of the molecule is Cc1nc2c(CN(C)C)c(O)c(CN(C)C)cc2[nH]1. The molecule has 2 rings (SSSR count). The highest BCUT2D eigenvalue weighted by Gasteiger charge is 2.16. The third-order valence-electron chi connectivity index (χ3n) is 3.01. The third kappa shape index (κ3) is 2.88. The first-order chi connectivity index (χ1) is 8.88. The van der Waals surface area contributed by atoms with Crippen LogP contribution >= 0.6 is 0 Å². The molecule has 5 nitrogen and oxygen atoms in total. The number of imidazole rings is 1. The topological polar surface area (TPSA) is 55.4 Å². The number of benzene rings is 1. The van der Waals surface area contributed by atoms with Gasteiger partial charge in [-0.25, -0.2) is 4.98 Å². The smallest absolute Gasteiger partial charge is 0.126 e. The number of H-pyrrole nitrogens is 1. The van der Waals surface area contributed by atoms with E-state index < -0.39 is 0 Å². The molecular formula is C14H22N4O. The summed E-state index contributed by atoms with van der Waals surface area (Å²) in [5.74, 6) is 1.23. The number of hydrogen-bond acceptors (Lipinski definition) is 4. The molecule has 0 saturated carbocycles. The van der Waals surface area contributed by atoms with Crippen LogP contribution in [0.25, 0.3) is 11.0 Å². The predicted molar refractivity (Wildman–Crippen MR) is 77.3 cm³/mol. The Hall–Kier alpha value is -1.59. The molecule has 1 aromatic carbocycles. The molecule has 0 bridgehead atoms. The monoisotopic (exact) mass is 262 g/mol. The number of phenols is 1. The molecule has 0 amide bonds. The fourth-order valence-electron chi connectivity index (χ4n) is 2.32. The number of rotatable bonds is 4. The summed E-state index contributed by atoms with van der Waals surface area (Å²) in [6.45, 7) is 3.32. The zero-order valence-electron chi connectivity index (χ0n) is 12.3. The van der Waals surface area contributed by atoms with Crippen LogP contribution in [0.1, 0.15) is 17.0 Å². The summed E-state index contributed by atoms with van der Waals surface area (Å²) in [5, 5.41) is 10.5. The molecule has 104 valence electrons. The van der Waals surface area contributed by atoms with E-state index in [1.807, 2.05) is 51.0 Å². The van der Waals surface area contributed by atoms with Gasteiger partial charge in [0.2, 0.25) is 0 Å². The number of aromatic hydroxyl groups is 1. The van der Waals surface area contributed by atoms with E-state index in [0.29, 0.717) is 18.8 Å². The van der Waals surface area contributed by atoms with E-state index >= 15 is 0 Å². The summed E-state index contributed by atoms with van der Waals surface area (Å²) in [6.07, 6.45) is 0. The Labute approximate surface area is 113 Å². The fraction of sp³-hybridized carbons (Fsp3) is 0.500. The number of nitrogens with zero attached hydrogens (tertiary/aromatic N) is 3. The molecular weight excluding hydrogens is 240 g/mol. The van der Waals surface area contributed by atoms with E-state index in [0.717, 1.165) is 28.0 Å². The molecule has 0 atom stereocenters. The van der Waals surface area contributed by atoms with Crippen LogP contribution in [0, 0.1) is 6.92 Å². The normalized spacial score (nSPS) is 11.9. The third-order valence-corrected chi connectivity index (χ3v) is 3.01. The molecule has 5 heteroatoms. The van der Waals surface area contributed by atoms with E-state index in [-0.39, 0.29) is 0 Å². The molecule has 0 radical (unpaired) electrons. The lowest BCUT2D eigenvalue weighted by Crippen LogP contribution is -2.14. The summed E-state index contributed by atoms with van der Waals surface area (Å²) in [4.78, 5) is 11.8. The minimum absolute atomic E-state index is 0.362. The quantitative estimate of drug-likeness (QED) is 0.880. The molecule has 1 aromatic heterocycles. The first-order valence-corrected chi connectivity index (χ1v) is 6.38. The standard InChI is InChI=1S/C14H22N4O/c1-9-15-12-6-10(7-17(2)3)14(19)11(8-18(4)5)13(12)16-9/h6,19H,7-8H2,1-5H3,(H,15,16). The van der Waals surface area contributed by atoms with Crippen LogP contribution in [-0.4, -0.2) is 53.1 Å². The van der Waals surface area contributed by atoms with E-state index in [2.05, 4.69) is 9.97 Å². The minimum Gasteiger partial charge on any atom is -0.507 e. The number of aromatic amines is 1. The summed E-state index contributed by atoms with van der Waals surface area (Å²) in [7, 11) is 7.97. The molecule has 0 spiro atoms. The second kappa shape index (κ2) is 5.19. The van der Waals surface area contributed by atoms with Gasteiger partial charge in [0.25, 0.3) is 0 Å². The molecule has 0 unspecified atom stereocenters. The fourth-order valence-corrected chi connectivity index (χ4v) is 2.32. The first kappa shape index (κ1) is 13.8. The van der Waals surface area contributed by atoms with Crippen LogP contribution < -0.4 is 0 Å². The largest absolute Gasteiger partial charge is 0.507 e. The molecule has 0 fully saturated rings. The second-order valence-electron chi connectivity index (χ2n) is 5.56. The van der Waals surface area contributed by atoms with E-state index in [9.17, 15) is 5.11 Å². The summed E-state index contributed by atoms with van der Waals surface area (Å²) in [5.41, 5.74) is 3.68. The number of nitrogens with one attached hydrogen (secondary N) is 1. The van der Waals surface area contributed by atoms with Crippen LogP contribution in [-0.2, 0) is 13.1 Å². The molecule has 2 aromatic rings. The van der Waals surface area contributed by atoms with Gasteiger partial charge in [0.15, 0.2) is 0 Å². The maximum atomic E-state index is 10.5. The number of aromatic nitrogens is 2. The first-order valence-electron chi connectivity index (χ1n) is 6.38. The van der Waals surface area contributed by atoms with Crippen molar-refractivity contribution in [1.82, 2.24) is 19.8 Å². The van der Waals surface area contributed by atoms with E-state index in [1.54, 1.807) is 0 Å². The van der Waals surface area contributed by atoms with Crippen molar-refractivity contribution in [3.63, 3.8) is 0 Å². The second-order valence-corrected chi connectivity index (χ2v) is 5.56. The Morgan fingerprint density at radius 1 is 1.16 bits per heavy atom. The van der Waals surface area contributed by atoms with Crippen molar-refractivity contribution in [2.75, 3.05) is 28.2 Å². The highest BCUT2D eigenvalue weighted by molar-refractivity contribution is 5.82. The van der Waals surface area contributed by atoms with Gasteiger partial charge in [0, 0.05) is 24.2 Å². The van der Waals surface area contributed by atoms with Crippen molar-refractivity contribution >= 4 is 11.0 Å². The van der Waals surface area contributed by atoms with E-state index in [4.69, 9.17) is 0 Å². The molecule has 0 aliphatic carbocycles. The Morgan fingerprint density at radius 2 is 1.79 bits per heavy atom. The Morgan fingerprint density at radius 3 is 2.37 bits per heavy atom. The van der Waals surface area contributed by atoms with E-state index in [1.165, 1.54) is 0 Å². The van der Waals surface area contributed by atoms with Crippen LogP contribution in [0.4, 0.5) is 0 Å². The molecule has 1 heterocycles. The average molecular weight is 262 g/mol. The van der Waals surface area contributed by atoms with Gasteiger partial charge in [-0.3, -0.25) is 0 Å². The number of aryl methyl sites for hydroxylation is 1. The van der Waals surface area contributed by atoms with Gasteiger partial charge in [-0.05, 0) is 41.2 Å². The van der Waals surface area contributed by atoms with Crippen LogP contribution in [0.5, 0.6) is 5.75 Å². The average Bonchev–Trinajstić information content (AvgIpc) is 2.63. The van der Waals surface area contributed by atoms with Crippen LogP contribution in [0.2, 0.25) is 0 Å². The van der Waals surface area contributed by atoms with Gasteiger partial charge >= 0.3 is 0 Å². The van der Waals surface area contributed by atoms with Crippen molar-refractivity contribution < 1.29 is 5.11 Å². The molecule has 0 aliphatic rings. The zero-order valence-corrected chi connectivity index (χ0v) is 12.3. The Kier molecular flexibility index (Phi) is 3.78. The lowest BCUT2D eigenvalue weighted by atomic mass is 10.1. The Bertz CT molecular complexity index is 587. The van der Waals surface area contributed by atoms with Gasteiger partial charge in [-0.15, -0.1) is 0 Å². The van der Waals surface area contributed by atoms with Crippen molar-refractivity contribution in [2.24, 2.45) is 0 Å². The molecule has 2 N–H and O–H groups in total. The van der Waals surface area contributed by atoms with Gasteiger partial charge in [-0.2, -0.15) is 0 Å². The summed E-state index contributed by atoms with van der Waals surface area (Å²) in [6, 6.07) is 1.99. The number of hydrogen-bond donors (Lipinski definition) is 2. The van der Waals surface area contributed by atoms with Crippen molar-refractivity contribution in [3.05, 3.63) is 23.0 Å². The number of phenolic OH excluding ortho intramolecular Hbond substituents is 1. The predicted octanol–water partition coefficient (Wildman–Crippen LogP) is 1.70. The maximum absolute atomic E-state index is 10.5. The van der Waals surface area contributed by atoms with Crippen molar-refractivity contribution in [1.29, 1.82) is 0 Å². The minimum atomic E-state index is 0.362. The zero-order chi connectivity index (χ0) is 14.2. The Balaban J connectivity index is 2.61. The highest BCUT2D eigenvalue weighted by atomic mass is 16.3. The van der Waals surface area contributed by atoms with Gasteiger partial charge in [0.05, 0.1) is 11.0 Å². The molecule has 0 aliphatic heterocycles. The van der Waals surface area contributed by atoms with Crippen LogP contribution in [0.15, 0.2) is 6.07 Å². The lowest BCUT2D eigenvalue weighted by molar-refractivity contribution is 0.370. The number of fused-ring (bicyclic) bond motifs is 1. The molecule has 19 heavy (non-hydrogen) atoms. The van der Waals surface area contributed by atoms with Crippen molar-refractivity contribution in [3.8, 4) is 5.75 Å².